The van der Waals surface area contributed by atoms with Gasteiger partial charge in [0.2, 0.25) is 0 Å². The smallest absolute Gasteiger partial charge is 0.256 e. The second kappa shape index (κ2) is 6.31. The summed E-state index contributed by atoms with van der Waals surface area (Å²) in [5.74, 6) is 0.0192. The molecule has 0 radical (unpaired) electrons. The summed E-state index contributed by atoms with van der Waals surface area (Å²) in [6, 6.07) is 18.1. The van der Waals surface area contributed by atoms with E-state index < -0.39 is 4.84 Å². The number of halogens is 2. The van der Waals surface area contributed by atoms with Gasteiger partial charge in [-0.05, 0) is 22.6 Å². The van der Waals surface area contributed by atoms with Crippen molar-refractivity contribution in [3.05, 3.63) is 71.3 Å². The van der Waals surface area contributed by atoms with Gasteiger partial charge in [0.05, 0.1) is 6.04 Å². The Labute approximate surface area is 140 Å². The molecule has 3 rings (SSSR count). The van der Waals surface area contributed by atoms with E-state index >= 15 is 0 Å². The Kier molecular flexibility index (Phi) is 4.42. The van der Waals surface area contributed by atoms with Crippen molar-refractivity contribution < 1.29 is 4.79 Å². The number of amides is 1. The summed E-state index contributed by atoms with van der Waals surface area (Å²) >= 11 is 11.7. The highest BCUT2D eigenvalue weighted by atomic mass is 35.5. The van der Waals surface area contributed by atoms with E-state index in [2.05, 4.69) is 19.1 Å². The van der Waals surface area contributed by atoms with E-state index in [1.807, 2.05) is 42.5 Å². The van der Waals surface area contributed by atoms with Gasteiger partial charge in [-0.25, -0.2) is 0 Å². The summed E-state index contributed by atoms with van der Waals surface area (Å²) < 4.78 is 0. The lowest BCUT2D eigenvalue weighted by molar-refractivity contribution is -0.131. The van der Waals surface area contributed by atoms with Crippen LogP contribution in [-0.4, -0.2) is 22.2 Å². The highest BCUT2D eigenvalue weighted by molar-refractivity contribution is 6.53. The van der Waals surface area contributed by atoms with Crippen LogP contribution in [0, 0.1) is 0 Å². The fraction of sp³-hybridized carbons (Fsp3) is 0.278. The van der Waals surface area contributed by atoms with Crippen molar-refractivity contribution in [2.24, 2.45) is 0 Å². The summed E-state index contributed by atoms with van der Waals surface area (Å²) in [6.07, 6.45) is 0. The van der Waals surface area contributed by atoms with Gasteiger partial charge in [-0.3, -0.25) is 4.79 Å². The maximum atomic E-state index is 12.5. The molecule has 0 saturated heterocycles. The van der Waals surface area contributed by atoms with E-state index in [1.165, 1.54) is 5.56 Å². The fourth-order valence-electron chi connectivity index (χ4n) is 3.21. The Balaban J connectivity index is 2.14. The topological polar surface area (TPSA) is 20.3 Å². The molecule has 0 bridgehead atoms. The molecule has 1 aliphatic rings. The lowest BCUT2D eigenvalue weighted by Gasteiger charge is -2.41. The van der Waals surface area contributed by atoms with E-state index in [9.17, 15) is 4.79 Å². The van der Waals surface area contributed by atoms with Crippen LogP contribution in [0.1, 0.15) is 35.6 Å². The highest BCUT2D eigenvalue weighted by Gasteiger charge is 2.36. The second-order valence-electron chi connectivity index (χ2n) is 5.63. The molecule has 0 N–H and O–H groups in total. The molecule has 114 valence electrons. The molecule has 0 spiro atoms. The molecule has 0 saturated carbocycles. The molecule has 2 atom stereocenters. The normalized spacial score (nSPS) is 20.8. The van der Waals surface area contributed by atoms with Gasteiger partial charge >= 0.3 is 0 Å². The SMILES string of the molecule is CC1CN(C(=O)C(Cl)Cl)C(c2ccccc2)c2ccccc21. The Morgan fingerprint density at radius 3 is 2.27 bits per heavy atom. The highest BCUT2D eigenvalue weighted by Crippen LogP contribution is 2.40. The minimum absolute atomic E-state index is 0.138. The number of carbonyl (C=O) groups excluding carboxylic acids is 1. The summed E-state index contributed by atoms with van der Waals surface area (Å²) in [7, 11) is 0. The van der Waals surface area contributed by atoms with Crippen LogP contribution in [0.4, 0.5) is 0 Å². The molecule has 0 aliphatic carbocycles. The molecular formula is C18H17Cl2NO. The predicted octanol–water partition coefficient (Wildman–Crippen LogP) is 4.53. The van der Waals surface area contributed by atoms with Gasteiger partial charge in [0, 0.05) is 6.54 Å². The van der Waals surface area contributed by atoms with Crippen LogP contribution in [0.3, 0.4) is 0 Å². The van der Waals surface area contributed by atoms with Crippen LogP contribution in [0.15, 0.2) is 54.6 Å². The second-order valence-corrected chi connectivity index (χ2v) is 6.73. The van der Waals surface area contributed by atoms with Gasteiger partial charge in [0.1, 0.15) is 0 Å². The summed E-state index contributed by atoms with van der Waals surface area (Å²) in [6.45, 7) is 2.74. The standard InChI is InChI=1S/C18H17Cl2NO/c1-12-11-21(18(22)17(19)20)16(13-7-3-2-4-8-13)15-10-6-5-9-14(12)15/h2-10,12,16-17H,11H2,1H3. The summed E-state index contributed by atoms with van der Waals surface area (Å²) in [5.41, 5.74) is 3.50. The molecule has 1 aliphatic heterocycles. The Morgan fingerprint density at radius 2 is 1.64 bits per heavy atom. The number of fused-ring (bicyclic) bond motifs is 1. The van der Waals surface area contributed by atoms with Gasteiger partial charge in [0.25, 0.3) is 5.91 Å². The van der Waals surface area contributed by atoms with Crippen molar-refractivity contribution in [1.82, 2.24) is 4.90 Å². The van der Waals surface area contributed by atoms with Gasteiger partial charge in [-0.2, -0.15) is 0 Å². The van der Waals surface area contributed by atoms with Gasteiger partial charge in [-0.15, -0.1) is 0 Å². The molecule has 0 fully saturated rings. The van der Waals surface area contributed by atoms with E-state index in [0.717, 1.165) is 11.1 Å². The minimum atomic E-state index is -1.04. The fourth-order valence-corrected chi connectivity index (χ4v) is 3.46. The zero-order valence-corrected chi connectivity index (χ0v) is 13.8. The molecule has 2 aromatic carbocycles. The van der Waals surface area contributed by atoms with Gasteiger partial charge in [-0.1, -0.05) is 84.7 Å². The predicted molar refractivity (Wildman–Crippen MR) is 90.3 cm³/mol. The zero-order valence-electron chi connectivity index (χ0n) is 12.2. The Morgan fingerprint density at radius 1 is 1.05 bits per heavy atom. The first-order valence-corrected chi connectivity index (χ1v) is 8.19. The maximum Gasteiger partial charge on any atom is 0.256 e. The minimum Gasteiger partial charge on any atom is -0.329 e. The van der Waals surface area contributed by atoms with Crippen molar-refractivity contribution >= 4 is 29.1 Å². The van der Waals surface area contributed by atoms with Crippen LogP contribution >= 0.6 is 23.2 Å². The monoisotopic (exact) mass is 333 g/mol. The van der Waals surface area contributed by atoms with Crippen molar-refractivity contribution in [2.75, 3.05) is 6.54 Å². The third kappa shape index (κ3) is 2.73. The number of rotatable bonds is 2. The van der Waals surface area contributed by atoms with E-state index in [-0.39, 0.29) is 17.9 Å². The van der Waals surface area contributed by atoms with Gasteiger partial charge in [0.15, 0.2) is 4.84 Å². The molecule has 0 aromatic heterocycles. The quantitative estimate of drug-likeness (QED) is 0.739. The summed E-state index contributed by atoms with van der Waals surface area (Å²) in [5, 5.41) is 0. The molecule has 4 heteroatoms. The van der Waals surface area contributed by atoms with E-state index in [1.54, 1.807) is 4.90 Å². The van der Waals surface area contributed by atoms with Crippen LogP contribution in [0.25, 0.3) is 0 Å². The first-order valence-electron chi connectivity index (χ1n) is 7.32. The van der Waals surface area contributed by atoms with Crippen molar-refractivity contribution in [1.29, 1.82) is 0 Å². The van der Waals surface area contributed by atoms with E-state index in [4.69, 9.17) is 23.2 Å². The third-order valence-corrected chi connectivity index (χ3v) is 4.56. The van der Waals surface area contributed by atoms with Crippen LogP contribution in [-0.2, 0) is 4.79 Å². The number of hydrogen-bond acceptors (Lipinski definition) is 1. The van der Waals surface area contributed by atoms with Crippen LogP contribution in [0.2, 0.25) is 0 Å². The molecule has 1 heterocycles. The molecule has 2 aromatic rings. The molecule has 2 nitrogen and oxygen atoms in total. The first-order chi connectivity index (χ1) is 10.6. The Bertz CT molecular complexity index is 672. The first kappa shape index (κ1) is 15.4. The number of alkyl halides is 2. The lowest BCUT2D eigenvalue weighted by Crippen LogP contribution is -2.44. The van der Waals surface area contributed by atoms with Crippen molar-refractivity contribution in [2.45, 2.75) is 23.7 Å². The number of hydrogen-bond donors (Lipinski definition) is 0. The largest absolute Gasteiger partial charge is 0.329 e. The van der Waals surface area contributed by atoms with Gasteiger partial charge < -0.3 is 4.90 Å². The molecule has 1 amide bonds. The van der Waals surface area contributed by atoms with Crippen molar-refractivity contribution in [3.63, 3.8) is 0 Å². The van der Waals surface area contributed by atoms with E-state index in [0.29, 0.717) is 6.54 Å². The molecular weight excluding hydrogens is 317 g/mol. The maximum absolute atomic E-state index is 12.5. The van der Waals surface area contributed by atoms with Crippen LogP contribution < -0.4 is 0 Å². The lowest BCUT2D eigenvalue weighted by atomic mass is 9.83. The average Bonchev–Trinajstić information content (AvgIpc) is 2.55. The number of benzene rings is 2. The number of carbonyl (C=O) groups is 1. The van der Waals surface area contributed by atoms with Crippen LogP contribution in [0.5, 0.6) is 0 Å². The molecule has 22 heavy (non-hydrogen) atoms. The summed E-state index contributed by atoms with van der Waals surface area (Å²) in [4.78, 5) is 13.3. The third-order valence-electron chi connectivity index (χ3n) is 4.19. The molecule has 2 unspecified atom stereocenters. The number of nitrogens with zero attached hydrogens (tertiary/aromatic N) is 1. The Hall–Kier alpha value is -1.51. The zero-order chi connectivity index (χ0) is 15.7. The average molecular weight is 334 g/mol. The van der Waals surface area contributed by atoms with Crippen molar-refractivity contribution in [3.8, 4) is 0 Å².